The largest absolute Gasteiger partial charge is 0.481 e. The number of hydrogen-bond acceptors (Lipinski definition) is 5. The van der Waals surface area contributed by atoms with Crippen molar-refractivity contribution in [2.24, 2.45) is 0 Å². The molecule has 4 aromatic rings. The number of nitrogens with zero attached hydrogens (tertiary/aromatic N) is 4. The molecule has 2 heterocycles. The second kappa shape index (κ2) is 8.10. The molecule has 0 radical (unpaired) electrons. The molecule has 0 aliphatic carbocycles. The lowest BCUT2D eigenvalue weighted by Gasteiger charge is -2.04. The molecule has 0 bridgehead atoms. The van der Waals surface area contributed by atoms with E-state index < -0.39 is 5.97 Å². The lowest BCUT2D eigenvalue weighted by Crippen LogP contribution is -1.97. The van der Waals surface area contributed by atoms with Crippen LogP contribution in [-0.2, 0) is 4.79 Å². The van der Waals surface area contributed by atoms with E-state index in [1.165, 1.54) is 0 Å². The maximum atomic E-state index is 10.7. The Hall–Kier alpha value is -3.10. The quantitative estimate of drug-likeness (QED) is 0.442. The zero-order valence-electron chi connectivity index (χ0n) is 15.3. The predicted molar refractivity (Wildman–Crippen MR) is 112 cm³/mol. The molecule has 0 spiro atoms. The first-order valence-corrected chi connectivity index (χ1v) is 10.0. The van der Waals surface area contributed by atoms with Gasteiger partial charge in [-0.2, -0.15) is 5.10 Å². The van der Waals surface area contributed by atoms with Gasteiger partial charge in [-0.15, -0.1) is 10.2 Å². The van der Waals surface area contributed by atoms with E-state index in [4.69, 9.17) is 16.7 Å². The lowest BCUT2D eigenvalue weighted by molar-refractivity contribution is -0.133. The van der Waals surface area contributed by atoms with E-state index in [0.29, 0.717) is 16.0 Å². The van der Waals surface area contributed by atoms with Gasteiger partial charge in [0.1, 0.15) is 0 Å². The molecular weight excluding hydrogens is 410 g/mol. The first kappa shape index (κ1) is 19.2. The molecule has 0 saturated carbocycles. The molecule has 9 heteroatoms. The van der Waals surface area contributed by atoms with E-state index >= 15 is 0 Å². The number of aromatic amines is 1. The normalized spacial score (nSPS) is 11.0. The first-order valence-electron chi connectivity index (χ1n) is 8.68. The van der Waals surface area contributed by atoms with E-state index in [0.717, 1.165) is 39.7 Å². The average molecular weight is 426 g/mol. The molecule has 0 aliphatic heterocycles. The summed E-state index contributed by atoms with van der Waals surface area (Å²) < 4.78 is 1.78. The highest BCUT2D eigenvalue weighted by molar-refractivity contribution is 7.99. The van der Waals surface area contributed by atoms with Crippen LogP contribution in [0.1, 0.15) is 5.56 Å². The van der Waals surface area contributed by atoms with Crippen LogP contribution in [0.2, 0.25) is 5.02 Å². The van der Waals surface area contributed by atoms with Gasteiger partial charge in [-0.1, -0.05) is 35.5 Å². The van der Waals surface area contributed by atoms with Crippen molar-refractivity contribution in [3.05, 3.63) is 65.4 Å². The third-order valence-corrected chi connectivity index (χ3v) is 5.22. The van der Waals surface area contributed by atoms with Crippen LogP contribution in [0.3, 0.4) is 0 Å². The van der Waals surface area contributed by atoms with E-state index in [1.807, 2.05) is 49.5 Å². The van der Waals surface area contributed by atoms with E-state index in [-0.39, 0.29) is 5.75 Å². The predicted octanol–water partition coefficient (Wildman–Crippen LogP) is 4.46. The highest BCUT2D eigenvalue weighted by Crippen LogP contribution is 2.28. The Morgan fingerprint density at radius 1 is 1.17 bits per heavy atom. The molecule has 0 aliphatic rings. The van der Waals surface area contributed by atoms with Crippen LogP contribution in [-0.4, -0.2) is 41.8 Å². The number of aliphatic carboxylic acids is 1. The van der Waals surface area contributed by atoms with Gasteiger partial charge < -0.3 is 10.1 Å². The Labute approximate surface area is 175 Å². The summed E-state index contributed by atoms with van der Waals surface area (Å²) >= 11 is 7.18. The lowest BCUT2D eigenvalue weighted by atomic mass is 10.0. The average Bonchev–Trinajstić information content (AvgIpc) is 3.36. The van der Waals surface area contributed by atoms with E-state index in [2.05, 4.69) is 26.3 Å². The number of benzene rings is 2. The summed E-state index contributed by atoms with van der Waals surface area (Å²) in [5.74, 6) is -0.385. The van der Waals surface area contributed by atoms with Gasteiger partial charge in [-0.25, -0.2) is 4.68 Å². The third kappa shape index (κ3) is 4.49. The van der Waals surface area contributed by atoms with Gasteiger partial charge in [0, 0.05) is 22.3 Å². The number of rotatable bonds is 6. The Kier molecular flexibility index (Phi) is 5.37. The smallest absolute Gasteiger partial charge is 0.313 e. The number of nitrogens with one attached hydrogen (secondary N) is 1. The van der Waals surface area contributed by atoms with Gasteiger partial charge in [-0.05, 0) is 48.4 Å². The monoisotopic (exact) mass is 425 g/mol. The van der Waals surface area contributed by atoms with E-state index in [9.17, 15) is 4.79 Å². The number of halogens is 1. The van der Waals surface area contributed by atoms with Crippen molar-refractivity contribution in [3.63, 3.8) is 0 Å². The van der Waals surface area contributed by atoms with Gasteiger partial charge in [0.15, 0.2) is 11.0 Å². The summed E-state index contributed by atoms with van der Waals surface area (Å²) in [6.07, 6.45) is 3.74. The molecule has 146 valence electrons. The molecule has 2 aromatic carbocycles. The molecule has 4 rings (SSSR count). The fourth-order valence-corrected chi connectivity index (χ4v) is 3.60. The van der Waals surface area contributed by atoms with Crippen molar-refractivity contribution in [2.45, 2.75) is 12.1 Å². The fourth-order valence-electron chi connectivity index (χ4n) is 2.89. The SMILES string of the molecule is Cc1cc(-c2cnn(-c3cccc(Cl)c3)c2)cc(-c2nnc(SCC(=O)O)[nH]2)c1. The molecular formula is C20H16ClN5O2S. The Morgan fingerprint density at radius 3 is 2.79 bits per heavy atom. The Morgan fingerprint density at radius 2 is 2.00 bits per heavy atom. The number of carboxylic acid groups (broad SMARTS) is 1. The van der Waals surface area contributed by atoms with Gasteiger partial charge in [0.2, 0.25) is 0 Å². The van der Waals surface area contributed by atoms with Crippen molar-refractivity contribution < 1.29 is 9.90 Å². The van der Waals surface area contributed by atoms with Gasteiger partial charge in [0.25, 0.3) is 0 Å². The first-order chi connectivity index (χ1) is 14.0. The maximum absolute atomic E-state index is 10.7. The van der Waals surface area contributed by atoms with Crippen LogP contribution in [0, 0.1) is 6.92 Å². The minimum Gasteiger partial charge on any atom is -0.481 e. The maximum Gasteiger partial charge on any atom is 0.313 e. The summed E-state index contributed by atoms with van der Waals surface area (Å²) in [4.78, 5) is 13.8. The van der Waals surface area contributed by atoms with Crippen LogP contribution in [0.5, 0.6) is 0 Å². The Balaban J connectivity index is 1.63. The molecule has 0 atom stereocenters. The Bertz CT molecular complexity index is 1190. The topological polar surface area (TPSA) is 96.7 Å². The minimum absolute atomic E-state index is 0.0730. The van der Waals surface area contributed by atoms with Gasteiger partial charge in [-0.3, -0.25) is 4.79 Å². The number of H-pyrrole nitrogens is 1. The zero-order valence-corrected chi connectivity index (χ0v) is 16.9. The summed E-state index contributed by atoms with van der Waals surface area (Å²) in [7, 11) is 0. The second-order valence-corrected chi connectivity index (χ2v) is 7.80. The van der Waals surface area contributed by atoms with Gasteiger partial charge >= 0.3 is 5.97 Å². The molecule has 2 N–H and O–H groups in total. The van der Waals surface area contributed by atoms with Crippen molar-refractivity contribution in [3.8, 4) is 28.2 Å². The van der Waals surface area contributed by atoms with Crippen LogP contribution < -0.4 is 0 Å². The molecule has 0 amide bonds. The highest BCUT2D eigenvalue weighted by atomic mass is 35.5. The molecule has 0 fully saturated rings. The van der Waals surface area contributed by atoms with Crippen LogP contribution in [0.25, 0.3) is 28.2 Å². The summed E-state index contributed by atoms with van der Waals surface area (Å²) in [6, 6.07) is 13.6. The number of thioether (sulfide) groups is 1. The highest BCUT2D eigenvalue weighted by Gasteiger charge is 2.11. The molecule has 29 heavy (non-hydrogen) atoms. The summed E-state index contributed by atoms with van der Waals surface area (Å²) in [6.45, 7) is 2.00. The third-order valence-electron chi connectivity index (χ3n) is 4.14. The summed E-state index contributed by atoms with van der Waals surface area (Å²) in [5.41, 5.74) is 4.75. The zero-order chi connectivity index (χ0) is 20.4. The van der Waals surface area contributed by atoms with Crippen molar-refractivity contribution in [1.29, 1.82) is 0 Å². The van der Waals surface area contributed by atoms with Crippen molar-refractivity contribution >= 4 is 29.3 Å². The minimum atomic E-state index is -0.900. The van der Waals surface area contributed by atoms with E-state index in [1.54, 1.807) is 10.9 Å². The van der Waals surface area contributed by atoms with Crippen LogP contribution in [0.15, 0.2) is 60.0 Å². The van der Waals surface area contributed by atoms with Crippen LogP contribution >= 0.6 is 23.4 Å². The summed E-state index contributed by atoms with van der Waals surface area (Å²) in [5, 5.41) is 22.5. The molecule has 0 unspecified atom stereocenters. The fraction of sp³-hybridized carbons (Fsp3) is 0.100. The molecule has 7 nitrogen and oxygen atoms in total. The van der Waals surface area contributed by atoms with Gasteiger partial charge in [0.05, 0.1) is 17.6 Å². The second-order valence-electron chi connectivity index (χ2n) is 6.40. The number of hydrogen-bond donors (Lipinski definition) is 2. The van der Waals surface area contributed by atoms with Crippen LogP contribution in [0.4, 0.5) is 0 Å². The number of aromatic nitrogens is 5. The van der Waals surface area contributed by atoms with Crippen molar-refractivity contribution in [2.75, 3.05) is 5.75 Å². The number of aryl methyl sites for hydroxylation is 1. The number of carboxylic acids is 1. The standard InChI is InChI=1S/C20H16ClN5O2S/c1-12-5-13(15-9-22-26(10-15)17-4-2-3-16(21)8-17)7-14(6-12)19-23-20(25-24-19)29-11-18(27)28/h2-10H,11H2,1H3,(H,27,28)(H,23,24,25). The molecule has 0 saturated heterocycles. The van der Waals surface area contributed by atoms with Crippen molar-refractivity contribution in [1.82, 2.24) is 25.0 Å². The number of carbonyl (C=O) groups is 1. The molecule has 2 aromatic heterocycles.